The van der Waals surface area contributed by atoms with Crippen LogP contribution < -0.4 is 5.14 Å². The monoisotopic (exact) mass is 261 g/mol. The number of fused-ring (bicyclic) bond motifs is 1. The molecule has 70 valence electrons. The minimum atomic E-state index is -0.221. The molecule has 1 heterocycles. The largest absolute Gasteiger partial charge is 0.457 e. The van der Waals surface area contributed by atoms with Crippen molar-refractivity contribution in [3.63, 3.8) is 0 Å². The summed E-state index contributed by atoms with van der Waals surface area (Å²) >= 11 is 6.37. The maximum atomic E-state index is 11.0. The first-order valence-corrected chi connectivity index (χ1v) is 4.80. The lowest BCUT2D eigenvalue weighted by Crippen LogP contribution is -1.92. The topological polar surface area (TPSA) is 52.3 Å². The van der Waals surface area contributed by atoms with Gasteiger partial charge in [-0.15, -0.1) is 12.8 Å². The van der Waals surface area contributed by atoms with Gasteiger partial charge >= 0.3 is 5.97 Å². The smallest absolute Gasteiger partial charge is 0.338 e. The number of rotatable bonds is 0. The van der Waals surface area contributed by atoms with E-state index in [0.29, 0.717) is 12.2 Å². The summed E-state index contributed by atoms with van der Waals surface area (Å²) in [6, 6.07) is 5.51. The molecule has 0 aliphatic carbocycles. The van der Waals surface area contributed by atoms with Crippen molar-refractivity contribution in [2.45, 2.75) is 6.61 Å². The molecule has 13 heavy (non-hydrogen) atoms. The van der Waals surface area contributed by atoms with Crippen LogP contribution in [0.15, 0.2) is 22.7 Å². The summed E-state index contributed by atoms with van der Waals surface area (Å²) < 4.78 is 5.78. The van der Waals surface area contributed by atoms with Gasteiger partial charge in [0.1, 0.15) is 6.61 Å². The Morgan fingerprint density at radius 1 is 1.46 bits per heavy atom. The minimum absolute atomic E-state index is 0.221. The van der Waals surface area contributed by atoms with E-state index in [9.17, 15) is 4.79 Å². The van der Waals surface area contributed by atoms with E-state index in [1.807, 2.05) is 12.1 Å². The highest BCUT2D eigenvalue weighted by Gasteiger charge is 2.22. The molecule has 1 aliphatic heterocycles. The lowest BCUT2D eigenvalue weighted by atomic mass is 10.1. The van der Waals surface area contributed by atoms with Crippen LogP contribution in [-0.2, 0) is 11.3 Å². The minimum Gasteiger partial charge on any atom is -0.457 e. The van der Waals surface area contributed by atoms with Gasteiger partial charge in [-0.05, 0) is 12.1 Å². The Kier molecular flexibility index (Phi) is 3.77. The number of benzene rings is 1. The Hall–Kier alpha value is -0.520. The number of halogens is 1. The van der Waals surface area contributed by atoms with E-state index in [4.69, 9.17) is 4.74 Å². The van der Waals surface area contributed by atoms with E-state index in [1.165, 1.54) is 0 Å². The molecule has 1 aromatic carbocycles. The Morgan fingerprint density at radius 2 is 2.15 bits per heavy atom. The van der Waals surface area contributed by atoms with Gasteiger partial charge in [0, 0.05) is 10.0 Å². The SMILES string of the molecule is NS.O=C1OCc2c(Br)cccc21. The zero-order valence-corrected chi connectivity index (χ0v) is 9.14. The molecule has 0 saturated heterocycles. The van der Waals surface area contributed by atoms with Gasteiger partial charge in [-0.25, -0.2) is 4.79 Å². The summed E-state index contributed by atoms with van der Waals surface area (Å²) in [6.45, 7) is 0.398. The van der Waals surface area contributed by atoms with Gasteiger partial charge < -0.3 is 4.74 Å². The van der Waals surface area contributed by atoms with Crippen molar-refractivity contribution < 1.29 is 9.53 Å². The van der Waals surface area contributed by atoms with Crippen LogP contribution >= 0.6 is 28.7 Å². The first-order valence-electron chi connectivity index (χ1n) is 3.49. The average molecular weight is 262 g/mol. The zero-order valence-electron chi connectivity index (χ0n) is 6.66. The van der Waals surface area contributed by atoms with Crippen molar-refractivity contribution in [2.75, 3.05) is 0 Å². The number of thiol groups is 1. The van der Waals surface area contributed by atoms with Gasteiger partial charge in [-0.1, -0.05) is 22.0 Å². The second-order valence-electron chi connectivity index (χ2n) is 2.34. The highest BCUT2D eigenvalue weighted by atomic mass is 79.9. The van der Waals surface area contributed by atoms with Gasteiger partial charge in [-0.3, -0.25) is 5.14 Å². The van der Waals surface area contributed by atoms with Crippen molar-refractivity contribution in [1.82, 2.24) is 0 Å². The number of carbonyl (C=O) groups excluding carboxylic acids is 1. The van der Waals surface area contributed by atoms with Crippen LogP contribution in [0.2, 0.25) is 0 Å². The number of hydrogen-bond acceptors (Lipinski definition) is 4. The van der Waals surface area contributed by atoms with E-state index < -0.39 is 0 Å². The van der Waals surface area contributed by atoms with Gasteiger partial charge in [-0.2, -0.15) is 0 Å². The molecule has 2 rings (SSSR count). The third-order valence-corrected chi connectivity index (χ3v) is 2.43. The molecule has 0 bridgehead atoms. The second-order valence-corrected chi connectivity index (χ2v) is 3.20. The lowest BCUT2D eigenvalue weighted by molar-refractivity contribution is 0.0535. The first kappa shape index (κ1) is 10.6. The second kappa shape index (κ2) is 4.64. The molecule has 0 unspecified atom stereocenters. The summed E-state index contributed by atoms with van der Waals surface area (Å²) in [5.41, 5.74) is 1.64. The molecule has 0 atom stereocenters. The van der Waals surface area contributed by atoms with E-state index in [-0.39, 0.29) is 5.97 Å². The fourth-order valence-electron chi connectivity index (χ4n) is 1.11. The third kappa shape index (κ3) is 2.04. The molecule has 1 aromatic rings. The predicted molar refractivity (Wildman–Crippen MR) is 56.4 cm³/mol. The first-order chi connectivity index (χ1) is 6.29. The fourth-order valence-corrected chi connectivity index (χ4v) is 1.59. The summed E-state index contributed by atoms with van der Waals surface area (Å²) in [7, 11) is 0. The van der Waals surface area contributed by atoms with Crippen LogP contribution in [0.1, 0.15) is 15.9 Å². The van der Waals surface area contributed by atoms with Gasteiger partial charge in [0.15, 0.2) is 0 Å². The predicted octanol–water partition coefficient (Wildman–Crippen LogP) is 1.91. The quantitative estimate of drug-likeness (QED) is 0.554. The molecule has 0 amide bonds. The Bertz CT molecular complexity index is 330. The van der Waals surface area contributed by atoms with Crippen molar-refractivity contribution in [3.8, 4) is 0 Å². The lowest BCUT2D eigenvalue weighted by Gasteiger charge is -1.94. The van der Waals surface area contributed by atoms with Crippen molar-refractivity contribution >= 4 is 34.7 Å². The van der Waals surface area contributed by atoms with E-state index in [1.54, 1.807) is 6.07 Å². The Morgan fingerprint density at radius 3 is 2.77 bits per heavy atom. The van der Waals surface area contributed by atoms with Gasteiger partial charge in [0.05, 0.1) is 5.56 Å². The maximum absolute atomic E-state index is 11.0. The molecule has 0 aromatic heterocycles. The summed E-state index contributed by atoms with van der Waals surface area (Å²) in [5.74, 6) is -0.221. The van der Waals surface area contributed by atoms with Crippen LogP contribution in [0.25, 0.3) is 0 Å². The van der Waals surface area contributed by atoms with Crippen LogP contribution in [0.4, 0.5) is 0 Å². The highest BCUT2D eigenvalue weighted by molar-refractivity contribution is 9.10. The van der Waals surface area contributed by atoms with Gasteiger partial charge in [0.25, 0.3) is 0 Å². The number of carbonyl (C=O) groups is 1. The van der Waals surface area contributed by atoms with Crippen molar-refractivity contribution in [3.05, 3.63) is 33.8 Å². The van der Waals surface area contributed by atoms with Crippen molar-refractivity contribution in [2.24, 2.45) is 5.14 Å². The number of nitrogens with two attached hydrogens (primary N) is 1. The average Bonchev–Trinajstić information content (AvgIpc) is 2.53. The normalized spacial score (nSPS) is 12.7. The Labute approximate surface area is 89.9 Å². The zero-order chi connectivity index (χ0) is 9.84. The van der Waals surface area contributed by atoms with Crippen molar-refractivity contribution in [1.29, 1.82) is 0 Å². The van der Waals surface area contributed by atoms with Gasteiger partial charge in [0.2, 0.25) is 0 Å². The molecule has 0 radical (unpaired) electrons. The molecule has 0 spiro atoms. The summed E-state index contributed by atoms with van der Waals surface area (Å²) in [6.07, 6.45) is 0. The highest BCUT2D eigenvalue weighted by Crippen LogP contribution is 2.26. The van der Waals surface area contributed by atoms with E-state index in [2.05, 4.69) is 33.9 Å². The Balaban J connectivity index is 0.000000396. The fraction of sp³-hybridized carbons (Fsp3) is 0.125. The number of esters is 1. The van der Waals surface area contributed by atoms with Crippen LogP contribution in [0.5, 0.6) is 0 Å². The molecule has 0 saturated carbocycles. The van der Waals surface area contributed by atoms with E-state index in [0.717, 1.165) is 10.0 Å². The molecule has 1 aliphatic rings. The number of cyclic esters (lactones) is 1. The van der Waals surface area contributed by atoms with Crippen LogP contribution in [-0.4, -0.2) is 5.97 Å². The number of ether oxygens (including phenoxy) is 1. The summed E-state index contributed by atoms with van der Waals surface area (Å²) in [4.78, 5) is 11.0. The molecule has 3 nitrogen and oxygen atoms in total. The van der Waals surface area contributed by atoms with Crippen LogP contribution in [0.3, 0.4) is 0 Å². The third-order valence-electron chi connectivity index (χ3n) is 1.69. The van der Waals surface area contributed by atoms with Crippen LogP contribution in [0, 0.1) is 0 Å². The molecule has 2 N–H and O–H groups in total. The summed E-state index contributed by atoms with van der Waals surface area (Å²) in [5, 5.41) is 4.19. The molecular weight excluding hydrogens is 254 g/mol. The standard InChI is InChI=1S/C8H5BrO2.H3NS/c9-7-3-1-2-5-6(7)4-11-8(5)10;1-2/h1-3H,4H2;2H,1H2. The molecule has 0 fully saturated rings. The number of hydrogen-bond donors (Lipinski definition) is 2. The molecule has 5 heteroatoms. The maximum Gasteiger partial charge on any atom is 0.338 e. The van der Waals surface area contributed by atoms with E-state index >= 15 is 0 Å². The molecular formula is C8H8BrNO2S.